The minimum Gasteiger partial charge on any atom is -0.349 e. The lowest BCUT2D eigenvalue weighted by atomic mass is 9.96. The van der Waals surface area contributed by atoms with Crippen LogP contribution in [0.4, 0.5) is 0 Å². The van der Waals surface area contributed by atoms with Crippen LogP contribution in [0.25, 0.3) is 0 Å². The van der Waals surface area contributed by atoms with Gasteiger partial charge in [0.05, 0.1) is 5.02 Å². The van der Waals surface area contributed by atoms with Gasteiger partial charge in [0.25, 0.3) is 5.91 Å². The smallest absolute Gasteiger partial charge is 0.251 e. The fourth-order valence-corrected chi connectivity index (χ4v) is 6.15. The van der Waals surface area contributed by atoms with E-state index in [1.54, 1.807) is 6.07 Å². The lowest BCUT2D eigenvalue weighted by Gasteiger charge is -2.22. The number of halogens is 1. The first-order valence-electron chi connectivity index (χ1n) is 10.6. The average Bonchev–Trinajstić information content (AvgIpc) is 2.94. The number of nitrogens with one attached hydrogen (secondary N) is 1. The lowest BCUT2D eigenvalue weighted by Crippen LogP contribution is -2.35. The average molecular weight is 427 g/mol. The fourth-order valence-electron chi connectivity index (χ4n) is 4.13. The van der Waals surface area contributed by atoms with Gasteiger partial charge in [-0.1, -0.05) is 56.5 Å². The molecule has 0 radical (unpaired) electrons. The summed E-state index contributed by atoms with van der Waals surface area (Å²) in [5.41, 5.74) is 0.361. The van der Waals surface area contributed by atoms with Crippen molar-refractivity contribution < 1.29 is 13.2 Å². The van der Waals surface area contributed by atoms with Crippen LogP contribution >= 0.6 is 11.6 Å². The highest BCUT2D eigenvalue weighted by Gasteiger charge is 2.28. The molecular formula is C21H31ClN2O3S. The molecule has 156 valence electrons. The van der Waals surface area contributed by atoms with Crippen molar-refractivity contribution in [3.05, 3.63) is 28.8 Å². The molecule has 2 aliphatic rings. The van der Waals surface area contributed by atoms with Gasteiger partial charge < -0.3 is 5.32 Å². The number of rotatable bonds is 4. The zero-order valence-electron chi connectivity index (χ0n) is 16.5. The Kier molecular flexibility index (Phi) is 7.77. The van der Waals surface area contributed by atoms with Gasteiger partial charge >= 0.3 is 0 Å². The van der Waals surface area contributed by atoms with Gasteiger partial charge in [0.2, 0.25) is 10.0 Å². The number of carbonyl (C=O) groups excluding carboxylic acids is 1. The van der Waals surface area contributed by atoms with Crippen LogP contribution in [-0.2, 0) is 10.0 Å². The summed E-state index contributed by atoms with van der Waals surface area (Å²) < 4.78 is 27.7. The molecule has 1 aliphatic carbocycles. The summed E-state index contributed by atoms with van der Waals surface area (Å²) in [7, 11) is -3.69. The van der Waals surface area contributed by atoms with Gasteiger partial charge in [-0.2, -0.15) is 4.31 Å². The summed E-state index contributed by atoms with van der Waals surface area (Å²) in [6.07, 6.45) is 11.7. The van der Waals surface area contributed by atoms with E-state index in [0.29, 0.717) is 18.7 Å². The molecule has 1 heterocycles. The molecule has 0 bridgehead atoms. The summed E-state index contributed by atoms with van der Waals surface area (Å²) in [5, 5.41) is 3.27. The molecule has 1 aromatic rings. The van der Waals surface area contributed by atoms with Crippen LogP contribution in [0.15, 0.2) is 23.1 Å². The Labute approximate surface area is 173 Å². The molecule has 2 fully saturated rings. The van der Waals surface area contributed by atoms with E-state index in [2.05, 4.69) is 5.32 Å². The molecule has 1 aromatic carbocycles. The Morgan fingerprint density at radius 3 is 2.14 bits per heavy atom. The quantitative estimate of drug-likeness (QED) is 0.755. The highest BCUT2D eigenvalue weighted by atomic mass is 35.5. The van der Waals surface area contributed by atoms with E-state index in [-0.39, 0.29) is 21.9 Å². The first kappa shape index (κ1) is 21.6. The second-order valence-corrected chi connectivity index (χ2v) is 10.3. The predicted molar refractivity (Wildman–Crippen MR) is 112 cm³/mol. The monoisotopic (exact) mass is 426 g/mol. The number of sulfonamides is 1. The van der Waals surface area contributed by atoms with Crippen molar-refractivity contribution in [3.8, 4) is 0 Å². The zero-order chi connectivity index (χ0) is 20.0. The number of carbonyl (C=O) groups is 1. The molecule has 5 nitrogen and oxygen atoms in total. The highest BCUT2D eigenvalue weighted by Crippen LogP contribution is 2.28. The van der Waals surface area contributed by atoms with Crippen molar-refractivity contribution in [2.75, 3.05) is 13.1 Å². The third-order valence-electron chi connectivity index (χ3n) is 5.82. The van der Waals surface area contributed by atoms with Crippen molar-refractivity contribution >= 4 is 27.5 Å². The third kappa shape index (κ3) is 5.49. The highest BCUT2D eigenvalue weighted by molar-refractivity contribution is 7.89. The van der Waals surface area contributed by atoms with Crippen molar-refractivity contribution in [2.45, 2.75) is 81.6 Å². The molecule has 1 N–H and O–H groups in total. The number of benzene rings is 1. The maximum Gasteiger partial charge on any atom is 0.251 e. The minimum absolute atomic E-state index is 0.0429. The van der Waals surface area contributed by atoms with Gasteiger partial charge in [0.15, 0.2) is 0 Å². The SMILES string of the molecule is O=C(NC1CCCCCCC1)c1ccc(Cl)c(S(=O)(=O)N2CCCCCC2)c1. The second kappa shape index (κ2) is 10.1. The second-order valence-electron chi connectivity index (χ2n) is 7.98. The van der Waals surface area contributed by atoms with Crippen LogP contribution in [0.3, 0.4) is 0 Å². The molecule has 0 unspecified atom stereocenters. The number of hydrogen-bond acceptors (Lipinski definition) is 3. The summed E-state index contributed by atoms with van der Waals surface area (Å²) in [6, 6.07) is 4.75. The number of amides is 1. The van der Waals surface area contributed by atoms with Gasteiger partial charge in [-0.3, -0.25) is 4.79 Å². The van der Waals surface area contributed by atoms with Crippen molar-refractivity contribution in [1.29, 1.82) is 0 Å². The summed E-state index contributed by atoms with van der Waals surface area (Å²) >= 11 is 6.24. The van der Waals surface area contributed by atoms with E-state index >= 15 is 0 Å². The summed E-state index contributed by atoms with van der Waals surface area (Å²) in [4.78, 5) is 12.8. The van der Waals surface area contributed by atoms with Gasteiger partial charge in [0.1, 0.15) is 4.90 Å². The molecule has 28 heavy (non-hydrogen) atoms. The molecule has 0 aromatic heterocycles. The van der Waals surface area contributed by atoms with Crippen LogP contribution in [-0.4, -0.2) is 37.8 Å². The number of hydrogen-bond donors (Lipinski definition) is 1. The van der Waals surface area contributed by atoms with E-state index in [0.717, 1.165) is 51.4 Å². The number of nitrogens with zero attached hydrogens (tertiary/aromatic N) is 1. The van der Waals surface area contributed by atoms with E-state index in [4.69, 9.17) is 11.6 Å². The Bertz CT molecular complexity index is 766. The van der Waals surface area contributed by atoms with Crippen LogP contribution in [0.1, 0.15) is 81.0 Å². The topological polar surface area (TPSA) is 66.5 Å². The van der Waals surface area contributed by atoms with Gasteiger partial charge in [-0.05, 0) is 43.9 Å². The Morgan fingerprint density at radius 1 is 0.929 bits per heavy atom. The van der Waals surface area contributed by atoms with Crippen LogP contribution < -0.4 is 5.32 Å². The van der Waals surface area contributed by atoms with Gasteiger partial charge in [0, 0.05) is 24.7 Å². The van der Waals surface area contributed by atoms with E-state index in [1.165, 1.54) is 35.7 Å². The third-order valence-corrected chi connectivity index (χ3v) is 8.20. The Balaban J connectivity index is 1.77. The molecule has 0 atom stereocenters. The van der Waals surface area contributed by atoms with Crippen molar-refractivity contribution in [3.63, 3.8) is 0 Å². The molecule has 1 saturated heterocycles. The maximum atomic E-state index is 13.1. The van der Waals surface area contributed by atoms with Gasteiger partial charge in [-0.25, -0.2) is 8.42 Å². The summed E-state index contributed by atoms with van der Waals surface area (Å²) in [6.45, 7) is 1.02. The molecule has 1 saturated carbocycles. The molecule has 1 aliphatic heterocycles. The maximum absolute atomic E-state index is 13.1. The first-order chi connectivity index (χ1) is 13.5. The Morgan fingerprint density at radius 2 is 1.50 bits per heavy atom. The van der Waals surface area contributed by atoms with Crippen LogP contribution in [0.2, 0.25) is 5.02 Å². The molecule has 0 spiro atoms. The molecular weight excluding hydrogens is 396 g/mol. The zero-order valence-corrected chi connectivity index (χ0v) is 18.0. The first-order valence-corrected chi connectivity index (χ1v) is 12.4. The minimum atomic E-state index is -3.69. The van der Waals surface area contributed by atoms with Crippen molar-refractivity contribution in [1.82, 2.24) is 9.62 Å². The van der Waals surface area contributed by atoms with E-state index in [1.807, 2.05) is 0 Å². The fraction of sp³-hybridized carbons (Fsp3) is 0.667. The summed E-state index contributed by atoms with van der Waals surface area (Å²) in [5.74, 6) is -0.213. The molecule has 7 heteroatoms. The van der Waals surface area contributed by atoms with Gasteiger partial charge in [-0.15, -0.1) is 0 Å². The van der Waals surface area contributed by atoms with Crippen LogP contribution in [0, 0.1) is 0 Å². The van der Waals surface area contributed by atoms with Crippen molar-refractivity contribution in [2.24, 2.45) is 0 Å². The lowest BCUT2D eigenvalue weighted by molar-refractivity contribution is 0.0930. The largest absolute Gasteiger partial charge is 0.349 e. The molecule has 3 rings (SSSR count). The van der Waals surface area contributed by atoms with E-state index < -0.39 is 10.0 Å². The predicted octanol–water partition coefficient (Wildman–Crippen LogP) is 4.75. The van der Waals surface area contributed by atoms with Crippen LogP contribution in [0.5, 0.6) is 0 Å². The standard InChI is InChI=1S/C21H31ClN2O3S/c22-19-13-12-17(21(25)23-18-10-6-2-1-3-7-11-18)16-20(19)28(26,27)24-14-8-4-5-9-15-24/h12-13,16,18H,1-11,14-15H2,(H,23,25). The Hall–Kier alpha value is -1.11. The van der Waals surface area contributed by atoms with E-state index in [9.17, 15) is 13.2 Å². The normalized spacial score (nSPS) is 20.8. The molecule has 1 amide bonds.